The van der Waals surface area contributed by atoms with Crippen LogP contribution in [0.1, 0.15) is 12.8 Å². The maximum Gasteiger partial charge on any atom is 0.307 e. The van der Waals surface area contributed by atoms with Crippen molar-refractivity contribution in [3.8, 4) is 0 Å². The fourth-order valence-electron chi connectivity index (χ4n) is 4.51. The Morgan fingerprint density at radius 3 is 1.07 bits per heavy atom. The van der Waals surface area contributed by atoms with Crippen LogP contribution in [-0.2, 0) is 19.2 Å². The van der Waals surface area contributed by atoms with E-state index in [1.54, 1.807) is 24.5 Å². The molecule has 5 rings (SSSR count). The molecular formula is C28H28N2O11. The highest BCUT2D eigenvalue weighted by atomic mass is 16.4. The number of benzene rings is 2. The molecule has 1 saturated carbocycles. The number of hydrogen-bond acceptors (Lipinski definition) is 6. The van der Waals surface area contributed by atoms with Crippen molar-refractivity contribution >= 4 is 45.4 Å². The minimum Gasteiger partial charge on any atom is -0.481 e. The summed E-state index contributed by atoms with van der Waals surface area (Å²) in [5, 5.41) is 39.6. The predicted molar refractivity (Wildman–Crippen MR) is 146 cm³/mol. The van der Waals surface area contributed by atoms with Crippen LogP contribution in [0.2, 0.25) is 0 Å². The van der Waals surface area contributed by atoms with Gasteiger partial charge in [0, 0.05) is 24.5 Å². The number of carboxylic acid groups (broad SMARTS) is 4. The molecule has 2 aromatic heterocycles. The minimum atomic E-state index is -1.42. The van der Waals surface area contributed by atoms with E-state index in [2.05, 4.69) is 9.97 Å². The lowest BCUT2D eigenvalue weighted by Crippen LogP contribution is -2.44. The van der Waals surface area contributed by atoms with Crippen molar-refractivity contribution in [2.75, 3.05) is 0 Å². The second-order valence-electron chi connectivity index (χ2n) is 9.10. The first-order chi connectivity index (χ1) is 19.0. The second-order valence-corrected chi connectivity index (χ2v) is 9.10. The lowest BCUT2D eigenvalue weighted by Gasteiger charge is -2.33. The fourth-order valence-corrected chi connectivity index (χ4v) is 4.51. The number of hydrogen-bond donors (Lipinski definition) is 6. The zero-order chi connectivity index (χ0) is 29.4. The van der Waals surface area contributed by atoms with E-state index in [4.69, 9.17) is 20.4 Å². The zero-order valence-electron chi connectivity index (χ0n) is 21.4. The second kappa shape index (κ2) is 14.2. The molecule has 41 heavy (non-hydrogen) atoms. The van der Waals surface area contributed by atoms with Crippen molar-refractivity contribution in [1.29, 1.82) is 0 Å². The Morgan fingerprint density at radius 1 is 0.537 bits per heavy atom. The first-order valence-electron chi connectivity index (χ1n) is 12.0. The summed E-state index contributed by atoms with van der Waals surface area (Å²) in [6.45, 7) is 0. The van der Waals surface area contributed by atoms with E-state index in [0.717, 1.165) is 21.5 Å². The van der Waals surface area contributed by atoms with Gasteiger partial charge in [-0.05, 0) is 34.4 Å². The van der Waals surface area contributed by atoms with Gasteiger partial charge < -0.3 is 35.9 Å². The van der Waals surface area contributed by atoms with Gasteiger partial charge in [-0.3, -0.25) is 28.8 Å². The van der Waals surface area contributed by atoms with E-state index in [1.807, 2.05) is 48.5 Å². The van der Waals surface area contributed by atoms with Crippen LogP contribution in [0, 0.1) is 23.7 Å². The molecule has 0 radical (unpaired) electrons. The number of carbonyl (C=O) groups is 4. The van der Waals surface area contributed by atoms with Crippen molar-refractivity contribution in [3.05, 3.63) is 93.8 Å². The quantitative estimate of drug-likeness (QED) is 0.208. The third-order valence-electron chi connectivity index (χ3n) is 6.56. The van der Waals surface area contributed by atoms with E-state index in [9.17, 15) is 28.8 Å². The van der Waals surface area contributed by atoms with Gasteiger partial charge in [-0.2, -0.15) is 0 Å². The van der Waals surface area contributed by atoms with Crippen molar-refractivity contribution in [3.63, 3.8) is 0 Å². The average Bonchev–Trinajstić information content (AvgIpc) is 2.92. The van der Waals surface area contributed by atoms with E-state index in [-0.39, 0.29) is 16.6 Å². The number of nitrogens with one attached hydrogen (secondary N) is 2. The van der Waals surface area contributed by atoms with Crippen molar-refractivity contribution in [2.45, 2.75) is 12.8 Å². The summed E-state index contributed by atoms with van der Waals surface area (Å²) in [7, 11) is 0. The van der Waals surface area contributed by atoms with Gasteiger partial charge in [0.15, 0.2) is 0 Å². The molecule has 0 amide bonds. The van der Waals surface area contributed by atoms with Crippen LogP contribution in [0.3, 0.4) is 0 Å². The van der Waals surface area contributed by atoms with Crippen LogP contribution in [0.5, 0.6) is 0 Å². The van der Waals surface area contributed by atoms with Crippen LogP contribution >= 0.6 is 0 Å². The van der Waals surface area contributed by atoms with Gasteiger partial charge in [0.05, 0.1) is 23.7 Å². The Bertz CT molecular complexity index is 1500. The van der Waals surface area contributed by atoms with Gasteiger partial charge in [-0.25, -0.2) is 0 Å². The van der Waals surface area contributed by atoms with Gasteiger partial charge in [-0.1, -0.05) is 48.5 Å². The molecule has 13 heteroatoms. The Morgan fingerprint density at radius 2 is 0.805 bits per heavy atom. The summed E-state index contributed by atoms with van der Waals surface area (Å²) in [6, 6.07) is 18.7. The fraction of sp³-hybridized carbons (Fsp3) is 0.214. The third kappa shape index (κ3) is 8.34. The Balaban J connectivity index is 0.000000222. The highest BCUT2D eigenvalue weighted by Gasteiger charge is 2.49. The molecule has 0 spiro atoms. The molecule has 4 aromatic rings. The lowest BCUT2D eigenvalue weighted by atomic mass is 9.68. The van der Waals surface area contributed by atoms with E-state index < -0.39 is 60.4 Å². The maximum atomic E-state index is 10.9. The van der Waals surface area contributed by atoms with Crippen LogP contribution in [0.4, 0.5) is 0 Å². The summed E-state index contributed by atoms with van der Waals surface area (Å²) in [4.78, 5) is 70.5. The number of aromatic nitrogens is 2. The molecule has 8 N–H and O–H groups in total. The van der Waals surface area contributed by atoms with Crippen molar-refractivity contribution in [2.24, 2.45) is 23.7 Å². The number of rotatable bonds is 4. The first kappa shape index (κ1) is 31.9. The van der Waals surface area contributed by atoms with Crippen molar-refractivity contribution in [1.82, 2.24) is 9.97 Å². The van der Waals surface area contributed by atoms with Gasteiger partial charge in [0.2, 0.25) is 11.1 Å². The highest BCUT2D eigenvalue weighted by Crippen LogP contribution is 2.39. The molecule has 1 aliphatic carbocycles. The molecule has 4 atom stereocenters. The summed E-state index contributed by atoms with van der Waals surface area (Å²) < 4.78 is 0. The Hall–Kier alpha value is -5.30. The third-order valence-corrected chi connectivity index (χ3v) is 6.56. The molecule has 1 aliphatic rings. The van der Waals surface area contributed by atoms with Gasteiger partial charge in [0.25, 0.3) is 0 Å². The summed E-state index contributed by atoms with van der Waals surface area (Å²) in [5.41, 5.74) is -0.104. The van der Waals surface area contributed by atoms with E-state index >= 15 is 0 Å². The summed E-state index contributed by atoms with van der Waals surface area (Å²) >= 11 is 0. The lowest BCUT2D eigenvalue weighted by molar-refractivity contribution is -0.167. The Labute approximate surface area is 231 Å². The van der Waals surface area contributed by atoms with Crippen LogP contribution in [0.25, 0.3) is 21.5 Å². The highest BCUT2D eigenvalue weighted by molar-refractivity contribution is 5.86. The van der Waals surface area contributed by atoms with Gasteiger partial charge >= 0.3 is 23.9 Å². The molecule has 0 bridgehead atoms. The predicted octanol–water partition coefficient (Wildman–Crippen LogP) is 1.81. The van der Waals surface area contributed by atoms with Gasteiger partial charge in [0.1, 0.15) is 0 Å². The number of carboxylic acids is 4. The Kier molecular flexibility index (Phi) is 11.0. The number of fused-ring (bicyclic) bond motifs is 2. The average molecular weight is 569 g/mol. The monoisotopic (exact) mass is 568 g/mol. The molecule has 0 unspecified atom stereocenters. The largest absolute Gasteiger partial charge is 0.481 e. The minimum absolute atomic E-state index is 0. The normalized spacial score (nSPS) is 19.3. The van der Waals surface area contributed by atoms with Crippen LogP contribution < -0.4 is 11.1 Å². The van der Waals surface area contributed by atoms with E-state index in [1.165, 1.54) is 0 Å². The van der Waals surface area contributed by atoms with Crippen LogP contribution in [0.15, 0.2) is 82.6 Å². The zero-order valence-corrected chi connectivity index (χ0v) is 21.4. The van der Waals surface area contributed by atoms with E-state index in [0.29, 0.717) is 0 Å². The molecule has 2 heterocycles. The number of aromatic amines is 2. The number of aliphatic carboxylic acids is 4. The topological polar surface area (TPSA) is 246 Å². The smallest absolute Gasteiger partial charge is 0.307 e. The molecule has 13 nitrogen and oxygen atoms in total. The summed E-state index contributed by atoms with van der Waals surface area (Å²) in [6.07, 6.45) is 2.46. The standard InChI is InChI=1S/C10H12O8.2C9H7NO.H2O/c11-7(12)3-1-4(8(13)14)6(10(17)18)2-5(3)9(15)16;2*11-9-5-7-3-1-2-4-8(7)6-10-9;/h3-6H,1-2H2,(H,11,12)(H,13,14)(H,15,16)(H,17,18);2*1-6H,(H,10,11);1H2/t3-,4+,5+,6-;;;. The molecule has 2 aromatic carbocycles. The number of pyridine rings is 2. The molecule has 216 valence electrons. The summed E-state index contributed by atoms with van der Waals surface area (Å²) in [5.74, 6) is -11.2. The van der Waals surface area contributed by atoms with Crippen LogP contribution in [-0.4, -0.2) is 59.7 Å². The molecule has 0 saturated heterocycles. The SMILES string of the molecule is O.O=C(O)[C@H]1C[C@@H](C(=O)O)[C@@H](C(=O)O)C[C@H]1C(=O)O.O=c1cc2ccccc2c[nH]1.O=c1cc2ccccc2c[nH]1. The maximum absolute atomic E-state index is 10.9. The molecule has 1 fully saturated rings. The number of H-pyrrole nitrogens is 2. The first-order valence-corrected chi connectivity index (χ1v) is 12.0. The van der Waals surface area contributed by atoms with Crippen molar-refractivity contribution < 1.29 is 45.1 Å². The molecule has 0 aliphatic heterocycles. The molecular weight excluding hydrogens is 540 g/mol. The van der Waals surface area contributed by atoms with Gasteiger partial charge in [-0.15, -0.1) is 0 Å².